The molecule has 0 aliphatic rings. The molecule has 4 N–H and O–H groups in total. The van der Waals surface area contributed by atoms with Crippen LogP contribution in [-0.4, -0.2) is 5.11 Å². The second-order valence-electron chi connectivity index (χ2n) is 0.502. The number of thiocarbonyl (C=S) groups is 1. The number of thiol groups is 1. The van der Waals surface area contributed by atoms with Crippen LogP contribution in [0.2, 0.25) is 0 Å². The number of nitriles is 1. The monoisotopic (exact) mass is 135 g/mol. The zero-order valence-corrected chi connectivity index (χ0v) is 5.17. The van der Waals surface area contributed by atoms with Gasteiger partial charge in [0.25, 0.3) is 0 Å². The normalized spacial score (nSPS) is 4.57. The van der Waals surface area contributed by atoms with Crippen molar-refractivity contribution in [2.45, 2.75) is 0 Å². The van der Waals surface area contributed by atoms with Crippen molar-refractivity contribution >= 4 is 30.0 Å². The number of nitrogens with two attached hydrogens (primary N) is 2. The van der Waals surface area contributed by atoms with Crippen LogP contribution in [0.15, 0.2) is 0 Å². The molecule has 0 atom stereocenters. The molecule has 0 fully saturated rings. The maximum absolute atomic E-state index is 7.18. The van der Waals surface area contributed by atoms with E-state index >= 15 is 0 Å². The molecule has 0 heterocycles. The summed E-state index contributed by atoms with van der Waals surface area (Å²) in [5, 5.41) is 8.63. The lowest BCUT2D eigenvalue weighted by Gasteiger charge is -1.68. The van der Waals surface area contributed by atoms with Crippen molar-refractivity contribution in [3.05, 3.63) is 0 Å². The minimum Gasteiger partial charge on any atom is -0.377 e. The molecule has 0 rings (SSSR count). The van der Waals surface area contributed by atoms with E-state index in [1.807, 2.05) is 0 Å². The van der Waals surface area contributed by atoms with Gasteiger partial charge in [-0.1, -0.05) is 12.6 Å². The lowest BCUT2D eigenvalue weighted by atomic mass is 11.3. The third-order valence-electron chi connectivity index (χ3n) is 0. The van der Waals surface area contributed by atoms with Crippen molar-refractivity contribution in [1.82, 2.24) is 0 Å². The fourth-order valence-corrected chi connectivity index (χ4v) is 0. The van der Waals surface area contributed by atoms with Crippen molar-refractivity contribution in [1.29, 1.82) is 5.26 Å². The molecule has 7 heavy (non-hydrogen) atoms. The second kappa shape index (κ2) is 9.11. The summed E-state index contributed by atoms with van der Waals surface area (Å²) in [6.45, 7) is 0. The first-order valence-electron chi connectivity index (χ1n) is 1.23. The van der Waals surface area contributed by atoms with Crippen molar-refractivity contribution in [2.24, 2.45) is 11.5 Å². The van der Waals surface area contributed by atoms with Gasteiger partial charge in [0.05, 0.1) is 0 Å². The van der Waals surface area contributed by atoms with Gasteiger partial charge in [-0.15, -0.1) is 0 Å². The Labute approximate surface area is 52.7 Å². The predicted octanol–water partition coefficient (Wildman–Crippen LogP) is -0.414. The molecule has 0 saturated carbocycles. The lowest BCUT2D eigenvalue weighted by molar-refractivity contribution is 1.57. The van der Waals surface area contributed by atoms with Gasteiger partial charge in [-0.25, -0.2) is 0 Å². The topological polar surface area (TPSA) is 75.8 Å². The van der Waals surface area contributed by atoms with Crippen LogP contribution in [0.1, 0.15) is 0 Å². The molecule has 0 bridgehead atoms. The van der Waals surface area contributed by atoms with Gasteiger partial charge in [0.2, 0.25) is 0 Å². The maximum atomic E-state index is 7.18. The summed E-state index contributed by atoms with van der Waals surface area (Å²) < 4.78 is 0. The van der Waals surface area contributed by atoms with Gasteiger partial charge >= 0.3 is 0 Å². The first-order valence-corrected chi connectivity index (χ1v) is 2.08. The fourth-order valence-electron chi connectivity index (χ4n) is 0. The van der Waals surface area contributed by atoms with E-state index in [1.165, 1.54) is 5.40 Å². The average Bonchev–Trinajstić information content (AvgIpc) is 1.33. The Bertz CT molecular complexity index is 79.4. The van der Waals surface area contributed by atoms with Crippen molar-refractivity contribution < 1.29 is 0 Å². The molecule has 0 aliphatic heterocycles. The number of nitrogens with zero attached hydrogens (tertiary/aromatic N) is 1. The van der Waals surface area contributed by atoms with Gasteiger partial charge in [-0.05, 0) is 12.2 Å². The highest BCUT2D eigenvalue weighted by Gasteiger charge is 1.53. The van der Waals surface area contributed by atoms with E-state index < -0.39 is 0 Å². The molecular weight excluding hydrogens is 130 g/mol. The Kier molecular flexibility index (Phi) is 12.7. The number of hydrogen-bond donors (Lipinski definition) is 3. The molecule has 5 heteroatoms. The van der Waals surface area contributed by atoms with Crippen LogP contribution in [0.5, 0.6) is 0 Å². The SMILES string of the molecule is N#CS.NC(N)=S. The van der Waals surface area contributed by atoms with Crippen LogP contribution in [0.25, 0.3) is 0 Å². The van der Waals surface area contributed by atoms with Crippen LogP contribution in [0, 0.1) is 10.7 Å². The van der Waals surface area contributed by atoms with E-state index in [1.54, 1.807) is 0 Å². The Morgan fingerprint density at radius 2 is 1.71 bits per heavy atom. The highest BCUT2D eigenvalue weighted by molar-refractivity contribution is 7.85. The van der Waals surface area contributed by atoms with E-state index in [9.17, 15) is 0 Å². The lowest BCUT2D eigenvalue weighted by Crippen LogP contribution is -2.18. The summed E-state index contributed by atoms with van der Waals surface area (Å²) in [6, 6.07) is 0. The third kappa shape index (κ3) is 312. The van der Waals surface area contributed by atoms with Crippen LogP contribution in [0.3, 0.4) is 0 Å². The quantitative estimate of drug-likeness (QED) is 0.240. The molecule has 0 aliphatic carbocycles. The predicted molar refractivity (Wildman–Crippen MR) is 35.6 cm³/mol. The molecule has 3 nitrogen and oxygen atoms in total. The largest absolute Gasteiger partial charge is 0.377 e. The minimum absolute atomic E-state index is 0.000000000000000222. The molecule has 40 valence electrons. The van der Waals surface area contributed by atoms with Crippen LogP contribution >= 0.6 is 24.8 Å². The van der Waals surface area contributed by atoms with Gasteiger partial charge in [-0.3, -0.25) is 0 Å². The van der Waals surface area contributed by atoms with Crippen molar-refractivity contribution in [2.75, 3.05) is 0 Å². The van der Waals surface area contributed by atoms with Crippen LogP contribution in [0.4, 0.5) is 0 Å². The molecule has 0 aromatic rings. The first-order chi connectivity index (χ1) is 3.15. The summed E-state index contributed by atoms with van der Waals surface area (Å²) in [4.78, 5) is 0. The highest BCUT2D eigenvalue weighted by Crippen LogP contribution is 1.46. The summed E-state index contributed by atoms with van der Waals surface area (Å²) in [7, 11) is 0. The summed E-state index contributed by atoms with van der Waals surface area (Å²) in [5.74, 6) is 0. The van der Waals surface area contributed by atoms with E-state index in [0.29, 0.717) is 0 Å². The Hall–Kier alpha value is -0.470. The van der Waals surface area contributed by atoms with E-state index in [0.717, 1.165) is 0 Å². The van der Waals surface area contributed by atoms with Crippen LogP contribution in [-0.2, 0) is 0 Å². The van der Waals surface area contributed by atoms with Crippen LogP contribution < -0.4 is 11.5 Å². The Balaban J connectivity index is 0. The van der Waals surface area contributed by atoms with Gasteiger partial charge < -0.3 is 11.5 Å². The third-order valence-corrected chi connectivity index (χ3v) is 0. The molecular formula is C2H5N3S2. The number of rotatable bonds is 0. The second-order valence-corrected chi connectivity index (χ2v) is 1.17. The van der Waals surface area contributed by atoms with E-state index in [2.05, 4.69) is 36.3 Å². The van der Waals surface area contributed by atoms with Crippen molar-refractivity contribution in [3.63, 3.8) is 0 Å². The zero-order chi connectivity index (χ0) is 6.28. The van der Waals surface area contributed by atoms with Gasteiger partial charge in [0.1, 0.15) is 5.40 Å². The molecule has 0 unspecified atom stereocenters. The molecule has 0 aromatic carbocycles. The number of thiocyanates is 1. The molecule has 0 amide bonds. The smallest absolute Gasteiger partial charge is 0.160 e. The molecule has 0 radical (unpaired) electrons. The van der Waals surface area contributed by atoms with Gasteiger partial charge in [0, 0.05) is 0 Å². The van der Waals surface area contributed by atoms with Crippen molar-refractivity contribution in [3.8, 4) is 5.40 Å². The fraction of sp³-hybridized carbons (Fsp3) is 0. The number of hydrogen-bond acceptors (Lipinski definition) is 3. The van der Waals surface area contributed by atoms with E-state index in [4.69, 9.17) is 5.26 Å². The zero-order valence-electron chi connectivity index (χ0n) is 3.46. The minimum atomic E-state index is 0.000000000000000222. The highest BCUT2D eigenvalue weighted by atomic mass is 32.1. The molecule has 0 aromatic heterocycles. The van der Waals surface area contributed by atoms with Gasteiger partial charge in [0.15, 0.2) is 5.11 Å². The van der Waals surface area contributed by atoms with Gasteiger partial charge in [-0.2, -0.15) is 5.26 Å². The average molecular weight is 135 g/mol. The Morgan fingerprint density at radius 1 is 1.71 bits per heavy atom. The summed E-state index contributed by atoms with van der Waals surface area (Å²) in [6.07, 6.45) is 0. The molecule has 0 saturated heterocycles. The summed E-state index contributed by atoms with van der Waals surface area (Å²) >= 11 is 7.19. The van der Waals surface area contributed by atoms with E-state index in [-0.39, 0.29) is 5.11 Å². The first kappa shape index (κ1) is 9.73. The summed E-state index contributed by atoms with van der Waals surface area (Å²) in [5.41, 5.74) is 9.24. The standard InChI is InChI=1S/CH4N2S.CHNS/c2-1(3)4;2-1-3/h(H4,2,3,4);3H. The maximum Gasteiger partial charge on any atom is 0.160 e. The Morgan fingerprint density at radius 3 is 1.71 bits per heavy atom. The molecule has 0 spiro atoms.